The number of carbonyl (C=O) groups is 1. The first-order valence-electron chi connectivity index (χ1n) is 8.56. The molecular weight excluding hydrogens is 288 g/mol. The number of hydrogen-bond donors (Lipinski definition) is 2. The fraction of sp³-hybridized carbons (Fsp3) is 0.632. The Morgan fingerprint density at radius 3 is 2.04 bits per heavy atom. The van der Waals surface area contributed by atoms with Crippen LogP contribution in [0.5, 0.6) is 0 Å². The van der Waals surface area contributed by atoms with Crippen molar-refractivity contribution in [2.45, 2.75) is 59.5 Å². The molecule has 0 fully saturated rings. The summed E-state index contributed by atoms with van der Waals surface area (Å²) in [5, 5.41) is 3.60. The molecule has 1 atom stereocenters. The minimum Gasteiger partial charge on any atom is -0.460 e. The van der Waals surface area contributed by atoms with Crippen molar-refractivity contribution in [3.05, 3.63) is 29.8 Å². The Morgan fingerprint density at radius 2 is 1.57 bits per heavy atom. The predicted molar refractivity (Wildman–Crippen MR) is 96.4 cm³/mol. The molecule has 0 saturated carbocycles. The van der Waals surface area contributed by atoms with Gasteiger partial charge >= 0.3 is 5.97 Å². The number of benzene rings is 1. The molecule has 0 radical (unpaired) electrons. The molecule has 0 amide bonds. The number of nitrogens with two attached hydrogens (primary N) is 1. The molecular formula is C19H32N2O2. The van der Waals surface area contributed by atoms with E-state index >= 15 is 0 Å². The van der Waals surface area contributed by atoms with Crippen LogP contribution in [0.3, 0.4) is 0 Å². The van der Waals surface area contributed by atoms with Crippen LogP contribution >= 0.6 is 0 Å². The monoisotopic (exact) mass is 320 g/mol. The minimum absolute atomic E-state index is 0.134. The highest BCUT2D eigenvalue weighted by molar-refractivity contribution is 5.89. The van der Waals surface area contributed by atoms with Gasteiger partial charge in [0.25, 0.3) is 0 Å². The minimum atomic E-state index is -0.303. The maximum atomic E-state index is 12.0. The maximum absolute atomic E-state index is 12.0. The summed E-state index contributed by atoms with van der Waals surface area (Å²) in [5.41, 5.74) is 6.80. The van der Waals surface area contributed by atoms with E-state index in [1.807, 2.05) is 0 Å². The lowest BCUT2D eigenvalue weighted by Gasteiger charge is -2.26. The highest BCUT2D eigenvalue weighted by atomic mass is 16.5. The standard InChI is InChI=1S/C19H32N2O2/c1-13(2)10-18(11-14(3)4)21-15(5)12-23-19(22)16-6-8-17(20)9-7-16/h6-9,13-15,18,21H,10-12,20H2,1-5H3. The van der Waals surface area contributed by atoms with E-state index < -0.39 is 0 Å². The second-order valence-corrected chi connectivity index (χ2v) is 7.24. The van der Waals surface area contributed by atoms with E-state index in [2.05, 4.69) is 39.9 Å². The van der Waals surface area contributed by atoms with Gasteiger partial charge in [0.05, 0.1) is 5.56 Å². The van der Waals surface area contributed by atoms with E-state index in [1.54, 1.807) is 24.3 Å². The Morgan fingerprint density at radius 1 is 1.04 bits per heavy atom. The average molecular weight is 320 g/mol. The number of hydrogen-bond acceptors (Lipinski definition) is 4. The fourth-order valence-corrected chi connectivity index (χ4v) is 2.72. The number of anilines is 1. The van der Waals surface area contributed by atoms with Gasteiger partial charge in [-0.1, -0.05) is 27.7 Å². The maximum Gasteiger partial charge on any atom is 0.338 e. The molecule has 23 heavy (non-hydrogen) atoms. The number of esters is 1. The highest BCUT2D eigenvalue weighted by Gasteiger charge is 2.16. The number of ether oxygens (including phenoxy) is 1. The van der Waals surface area contributed by atoms with Crippen molar-refractivity contribution < 1.29 is 9.53 Å². The van der Waals surface area contributed by atoms with Crippen LogP contribution in [-0.4, -0.2) is 24.7 Å². The van der Waals surface area contributed by atoms with E-state index in [1.165, 1.54) is 0 Å². The van der Waals surface area contributed by atoms with Crippen molar-refractivity contribution in [1.82, 2.24) is 5.32 Å². The SMILES string of the molecule is CC(C)CC(CC(C)C)NC(C)COC(=O)c1ccc(N)cc1. The number of nitrogens with one attached hydrogen (secondary N) is 1. The normalized spacial score (nSPS) is 12.9. The first-order valence-corrected chi connectivity index (χ1v) is 8.56. The van der Waals surface area contributed by atoms with Crippen LogP contribution < -0.4 is 11.1 Å². The van der Waals surface area contributed by atoms with Crippen LogP contribution in [0.15, 0.2) is 24.3 Å². The first kappa shape index (κ1) is 19.5. The third kappa shape index (κ3) is 8.03. The van der Waals surface area contributed by atoms with Crippen molar-refractivity contribution in [2.24, 2.45) is 11.8 Å². The van der Waals surface area contributed by atoms with E-state index in [4.69, 9.17) is 10.5 Å². The van der Waals surface area contributed by atoms with Crippen LogP contribution in [-0.2, 0) is 4.74 Å². The molecule has 1 aromatic rings. The van der Waals surface area contributed by atoms with Crippen LogP contribution in [0, 0.1) is 11.8 Å². The lowest BCUT2D eigenvalue weighted by Crippen LogP contribution is -2.41. The largest absolute Gasteiger partial charge is 0.460 e. The third-order valence-corrected chi connectivity index (χ3v) is 3.64. The summed E-state index contributed by atoms with van der Waals surface area (Å²) in [4.78, 5) is 12.0. The summed E-state index contributed by atoms with van der Waals surface area (Å²) in [6, 6.07) is 7.39. The quantitative estimate of drug-likeness (QED) is 0.535. The number of nitrogen functional groups attached to an aromatic ring is 1. The van der Waals surface area contributed by atoms with Gasteiger partial charge in [-0.2, -0.15) is 0 Å². The van der Waals surface area contributed by atoms with E-state index in [0.29, 0.717) is 35.7 Å². The molecule has 0 aliphatic carbocycles. The van der Waals surface area contributed by atoms with Crippen LogP contribution in [0.1, 0.15) is 57.8 Å². The van der Waals surface area contributed by atoms with Gasteiger partial charge in [0.2, 0.25) is 0 Å². The Bertz CT molecular complexity index is 459. The van der Waals surface area contributed by atoms with Gasteiger partial charge in [-0.3, -0.25) is 0 Å². The van der Waals surface area contributed by atoms with Crippen molar-refractivity contribution in [3.8, 4) is 0 Å². The van der Waals surface area contributed by atoms with Crippen LogP contribution in [0.4, 0.5) is 5.69 Å². The zero-order valence-corrected chi connectivity index (χ0v) is 15.1. The molecule has 0 saturated heterocycles. The smallest absolute Gasteiger partial charge is 0.338 e. The van der Waals surface area contributed by atoms with Crippen molar-refractivity contribution in [2.75, 3.05) is 12.3 Å². The van der Waals surface area contributed by atoms with Gasteiger partial charge in [-0.15, -0.1) is 0 Å². The fourth-order valence-electron chi connectivity index (χ4n) is 2.72. The van der Waals surface area contributed by atoms with Gasteiger partial charge < -0.3 is 15.8 Å². The van der Waals surface area contributed by atoms with Gasteiger partial charge in [0.15, 0.2) is 0 Å². The zero-order valence-electron chi connectivity index (χ0n) is 15.1. The molecule has 1 rings (SSSR count). The Hall–Kier alpha value is -1.55. The van der Waals surface area contributed by atoms with Gasteiger partial charge in [-0.25, -0.2) is 4.79 Å². The second kappa shape index (κ2) is 9.56. The topological polar surface area (TPSA) is 64.3 Å². The molecule has 1 aromatic carbocycles. The van der Waals surface area contributed by atoms with Gasteiger partial charge in [0.1, 0.15) is 6.61 Å². The molecule has 1 unspecified atom stereocenters. The Labute approximate surface area is 140 Å². The van der Waals surface area contributed by atoms with Gasteiger partial charge in [0, 0.05) is 17.8 Å². The number of carbonyl (C=O) groups excluding carboxylic acids is 1. The molecule has 0 aromatic heterocycles. The zero-order chi connectivity index (χ0) is 17.4. The van der Waals surface area contributed by atoms with Crippen LogP contribution in [0.25, 0.3) is 0 Å². The van der Waals surface area contributed by atoms with Crippen molar-refractivity contribution in [1.29, 1.82) is 0 Å². The molecule has 0 heterocycles. The number of rotatable bonds is 9. The summed E-state index contributed by atoms with van der Waals surface area (Å²) in [6.07, 6.45) is 2.27. The molecule has 130 valence electrons. The summed E-state index contributed by atoms with van der Waals surface area (Å²) >= 11 is 0. The first-order chi connectivity index (χ1) is 10.8. The van der Waals surface area contributed by atoms with Crippen molar-refractivity contribution in [3.63, 3.8) is 0 Å². The summed E-state index contributed by atoms with van der Waals surface area (Å²) < 4.78 is 5.40. The van der Waals surface area contributed by atoms with E-state index in [0.717, 1.165) is 12.8 Å². The lowest BCUT2D eigenvalue weighted by molar-refractivity contribution is 0.0463. The predicted octanol–water partition coefficient (Wildman–Crippen LogP) is 3.86. The molecule has 0 bridgehead atoms. The third-order valence-electron chi connectivity index (χ3n) is 3.64. The summed E-state index contributed by atoms with van der Waals surface area (Å²) in [5.74, 6) is 0.995. The molecule has 0 aliphatic heterocycles. The lowest BCUT2D eigenvalue weighted by atomic mass is 9.95. The molecule has 0 spiro atoms. The molecule has 4 nitrogen and oxygen atoms in total. The highest BCUT2D eigenvalue weighted by Crippen LogP contribution is 2.14. The summed E-state index contributed by atoms with van der Waals surface area (Å²) in [6.45, 7) is 11.4. The van der Waals surface area contributed by atoms with Gasteiger partial charge in [-0.05, 0) is 55.9 Å². The van der Waals surface area contributed by atoms with Crippen molar-refractivity contribution >= 4 is 11.7 Å². The van der Waals surface area contributed by atoms with Crippen LogP contribution in [0.2, 0.25) is 0 Å². The average Bonchev–Trinajstić information content (AvgIpc) is 2.44. The Kier molecular flexibility index (Phi) is 8.10. The molecule has 4 heteroatoms. The van der Waals surface area contributed by atoms with E-state index in [-0.39, 0.29) is 12.0 Å². The molecule has 3 N–H and O–H groups in total. The summed E-state index contributed by atoms with van der Waals surface area (Å²) in [7, 11) is 0. The molecule has 0 aliphatic rings. The second-order valence-electron chi connectivity index (χ2n) is 7.24. The Balaban J connectivity index is 2.45. The van der Waals surface area contributed by atoms with E-state index in [9.17, 15) is 4.79 Å².